The van der Waals surface area contributed by atoms with Gasteiger partial charge < -0.3 is 9.31 Å². The van der Waals surface area contributed by atoms with E-state index in [4.69, 9.17) is 9.31 Å². The van der Waals surface area contributed by atoms with Gasteiger partial charge in [-0.3, -0.25) is 4.40 Å². The maximum atomic E-state index is 14.2. The monoisotopic (exact) mass is 369 g/mol. The molecule has 0 amide bonds. The van der Waals surface area contributed by atoms with E-state index in [1.54, 1.807) is 24.4 Å². The van der Waals surface area contributed by atoms with E-state index < -0.39 is 24.1 Å². The lowest BCUT2D eigenvalue weighted by Gasteiger charge is -2.32. The van der Waals surface area contributed by atoms with Crippen molar-refractivity contribution in [2.45, 2.75) is 45.4 Å². The molecule has 1 fully saturated rings. The molecule has 1 aliphatic heterocycles. The highest BCUT2D eigenvalue weighted by Gasteiger charge is 2.51. The van der Waals surface area contributed by atoms with Crippen LogP contribution in [0.3, 0.4) is 0 Å². The van der Waals surface area contributed by atoms with Crippen LogP contribution >= 0.6 is 0 Å². The van der Waals surface area contributed by atoms with Crippen LogP contribution in [0.15, 0.2) is 47.4 Å². The summed E-state index contributed by atoms with van der Waals surface area (Å²) >= 11 is 0. The molecule has 27 heavy (non-hydrogen) atoms. The molecule has 0 radical (unpaired) electrons. The number of benzene rings is 1. The first-order valence-corrected chi connectivity index (χ1v) is 8.85. The third kappa shape index (κ3) is 3.09. The molecule has 140 valence electrons. The Bertz CT molecular complexity index is 1060. The highest BCUT2D eigenvalue weighted by atomic mass is 19.1. The molecule has 0 bridgehead atoms. The molecule has 0 aliphatic carbocycles. The van der Waals surface area contributed by atoms with E-state index in [2.05, 4.69) is 5.10 Å². The van der Waals surface area contributed by atoms with Gasteiger partial charge in [0, 0.05) is 6.20 Å². The van der Waals surface area contributed by atoms with Crippen molar-refractivity contribution in [3.63, 3.8) is 0 Å². The Kier molecular flexibility index (Phi) is 4.01. The van der Waals surface area contributed by atoms with Gasteiger partial charge in [0.25, 0.3) is 0 Å². The summed E-state index contributed by atoms with van der Waals surface area (Å²) < 4.78 is 29.0. The van der Waals surface area contributed by atoms with Gasteiger partial charge in [-0.05, 0) is 63.0 Å². The van der Waals surface area contributed by atoms with Crippen LogP contribution in [0, 0.1) is 5.82 Å². The van der Waals surface area contributed by atoms with Gasteiger partial charge >= 0.3 is 12.8 Å². The van der Waals surface area contributed by atoms with Crippen LogP contribution < -0.4 is 11.2 Å². The van der Waals surface area contributed by atoms with Crippen LogP contribution in [0.4, 0.5) is 4.39 Å². The van der Waals surface area contributed by atoms with E-state index in [0.717, 1.165) is 0 Å². The SMILES string of the molecule is CC1(C)OB(c2cc(F)cc(Cn3nc4ccccn4c3=O)c2)OC1(C)C. The molecule has 8 heteroatoms. The molecule has 0 atom stereocenters. The third-order valence-electron chi connectivity index (χ3n) is 5.33. The summed E-state index contributed by atoms with van der Waals surface area (Å²) in [6.45, 7) is 7.95. The number of rotatable bonds is 3. The Hall–Kier alpha value is -2.45. The molecule has 1 saturated heterocycles. The maximum absolute atomic E-state index is 14.2. The Labute approximate surface area is 156 Å². The molecule has 1 aromatic carbocycles. The molecule has 3 aromatic rings. The number of hydrogen-bond acceptors (Lipinski definition) is 4. The first-order chi connectivity index (χ1) is 12.7. The lowest BCUT2D eigenvalue weighted by molar-refractivity contribution is 0.00578. The molecule has 0 N–H and O–H groups in total. The number of aromatic nitrogens is 3. The van der Waals surface area contributed by atoms with Crippen molar-refractivity contribution in [2.24, 2.45) is 0 Å². The molecule has 1 aliphatic rings. The van der Waals surface area contributed by atoms with Crippen LogP contribution in [0.5, 0.6) is 0 Å². The van der Waals surface area contributed by atoms with Crippen molar-refractivity contribution in [3.05, 3.63) is 64.5 Å². The summed E-state index contributed by atoms with van der Waals surface area (Å²) in [7, 11) is -0.665. The largest absolute Gasteiger partial charge is 0.494 e. The van der Waals surface area contributed by atoms with Gasteiger partial charge in [-0.15, -0.1) is 5.10 Å². The molecule has 0 spiro atoms. The normalized spacial score (nSPS) is 18.3. The van der Waals surface area contributed by atoms with E-state index in [1.165, 1.54) is 21.2 Å². The molecular formula is C19H21BFN3O3. The third-order valence-corrected chi connectivity index (χ3v) is 5.33. The van der Waals surface area contributed by atoms with Gasteiger partial charge in [-0.1, -0.05) is 12.1 Å². The van der Waals surface area contributed by atoms with E-state index in [-0.39, 0.29) is 12.2 Å². The predicted molar refractivity (Wildman–Crippen MR) is 101 cm³/mol. The fourth-order valence-corrected chi connectivity index (χ4v) is 3.13. The molecule has 6 nitrogen and oxygen atoms in total. The topological polar surface area (TPSA) is 57.8 Å². The lowest BCUT2D eigenvalue weighted by atomic mass is 9.78. The smallest absolute Gasteiger partial charge is 0.399 e. The molecule has 2 aromatic heterocycles. The van der Waals surface area contributed by atoms with Crippen molar-refractivity contribution in [1.82, 2.24) is 14.2 Å². The van der Waals surface area contributed by atoms with Gasteiger partial charge in [0.1, 0.15) is 5.82 Å². The van der Waals surface area contributed by atoms with Gasteiger partial charge in [-0.2, -0.15) is 0 Å². The van der Waals surface area contributed by atoms with Crippen molar-refractivity contribution < 1.29 is 13.7 Å². The van der Waals surface area contributed by atoms with E-state index in [1.807, 2.05) is 33.8 Å². The summed E-state index contributed by atoms with van der Waals surface area (Å²) in [5, 5.41) is 4.29. The van der Waals surface area contributed by atoms with Crippen molar-refractivity contribution in [3.8, 4) is 0 Å². The average molecular weight is 369 g/mol. The standard InChI is InChI=1S/C19H21BFN3O3/c1-18(2)19(3,4)27-20(26-18)14-9-13(10-15(21)11-14)12-24-17(25)23-8-6-5-7-16(23)22-24/h5-11H,12H2,1-4H3. The predicted octanol–water partition coefficient (Wildman–Crippen LogP) is 1.98. The van der Waals surface area contributed by atoms with Crippen LogP contribution in [0.25, 0.3) is 5.65 Å². The lowest BCUT2D eigenvalue weighted by Crippen LogP contribution is -2.41. The van der Waals surface area contributed by atoms with Gasteiger partial charge in [0.2, 0.25) is 0 Å². The Balaban J connectivity index is 1.67. The zero-order chi connectivity index (χ0) is 19.4. The quantitative estimate of drug-likeness (QED) is 0.663. The summed E-state index contributed by atoms with van der Waals surface area (Å²) in [6.07, 6.45) is 1.66. The second kappa shape index (κ2) is 6.04. The summed E-state index contributed by atoms with van der Waals surface area (Å²) in [5.74, 6) is -0.408. The average Bonchev–Trinajstić information content (AvgIpc) is 3.01. The summed E-state index contributed by atoms with van der Waals surface area (Å²) in [4.78, 5) is 12.4. The number of pyridine rings is 1. The number of nitrogens with zero attached hydrogens (tertiary/aromatic N) is 3. The van der Waals surface area contributed by atoms with E-state index >= 15 is 0 Å². The van der Waals surface area contributed by atoms with Gasteiger partial charge in [0.15, 0.2) is 5.65 Å². The van der Waals surface area contributed by atoms with Gasteiger partial charge in [0.05, 0.1) is 17.7 Å². The maximum Gasteiger partial charge on any atom is 0.494 e. The fraction of sp³-hybridized carbons (Fsp3) is 0.368. The first-order valence-electron chi connectivity index (χ1n) is 8.85. The second-order valence-corrected chi connectivity index (χ2v) is 7.85. The van der Waals surface area contributed by atoms with Crippen LogP contribution in [-0.2, 0) is 15.9 Å². The molecule has 4 rings (SSSR count). The van der Waals surface area contributed by atoms with Crippen LogP contribution in [0.2, 0.25) is 0 Å². The fourth-order valence-electron chi connectivity index (χ4n) is 3.13. The zero-order valence-corrected chi connectivity index (χ0v) is 15.8. The van der Waals surface area contributed by atoms with Crippen molar-refractivity contribution in [2.75, 3.05) is 0 Å². The summed E-state index contributed by atoms with van der Waals surface area (Å²) in [5.41, 5.74) is 0.452. The number of hydrogen-bond donors (Lipinski definition) is 0. The Morgan fingerprint density at radius 1 is 1.11 bits per heavy atom. The van der Waals surface area contributed by atoms with E-state index in [9.17, 15) is 9.18 Å². The highest BCUT2D eigenvalue weighted by Crippen LogP contribution is 2.36. The van der Waals surface area contributed by atoms with Crippen LogP contribution in [-0.4, -0.2) is 32.5 Å². The minimum atomic E-state index is -0.665. The minimum absolute atomic E-state index is 0.158. The molecular weight excluding hydrogens is 348 g/mol. The highest BCUT2D eigenvalue weighted by molar-refractivity contribution is 6.62. The van der Waals surface area contributed by atoms with Crippen molar-refractivity contribution in [1.29, 1.82) is 0 Å². The molecule has 3 heterocycles. The summed E-state index contributed by atoms with van der Waals surface area (Å²) in [6, 6.07) is 9.91. The van der Waals surface area contributed by atoms with Crippen molar-refractivity contribution >= 4 is 18.2 Å². The van der Waals surface area contributed by atoms with E-state index in [0.29, 0.717) is 16.7 Å². The molecule has 0 saturated carbocycles. The minimum Gasteiger partial charge on any atom is -0.399 e. The number of fused-ring (bicyclic) bond motifs is 1. The zero-order valence-electron chi connectivity index (χ0n) is 15.8. The van der Waals surface area contributed by atoms with Gasteiger partial charge in [-0.25, -0.2) is 13.9 Å². The second-order valence-electron chi connectivity index (χ2n) is 7.85. The first kappa shape index (κ1) is 17.9. The Morgan fingerprint density at radius 3 is 2.48 bits per heavy atom. The molecule has 0 unspecified atom stereocenters. The number of halogens is 1. The van der Waals surface area contributed by atoms with Crippen LogP contribution in [0.1, 0.15) is 33.3 Å². The Morgan fingerprint density at radius 2 is 1.81 bits per heavy atom.